The van der Waals surface area contributed by atoms with Crippen LogP contribution in [0.4, 0.5) is 0 Å². The van der Waals surface area contributed by atoms with Crippen LogP contribution in [0, 0.1) is 5.92 Å². The number of rotatable bonds is 7. The van der Waals surface area contributed by atoms with Crippen LogP contribution in [0.5, 0.6) is 0 Å². The molecule has 1 saturated heterocycles. The van der Waals surface area contributed by atoms with E-state index in [1.54, 1.807) is 7.05 Å². The van der Waals surface area contributed by atoms with Crippen molar-refractivity contribution in [3.05, 3.63) is 0 Å². The zero-order chi connectivity index (χ0) is 17.6. The third-order valence-electron chi connectivity index (χ3n) is 4.07. The van der Waals surface area contributed by atoms with Crippen LogP contribution in [0.1, 0.15) is 40.0 Å². The standard InChI is InChI=1S/C16H29N3O4/c1-16(2,3)19(14(22)9-17-4)12(13(21)10-20)8-11-6-5-7-18-15(11)23/h11-12,17,20H,5-10H2,1-4H3,(H,18,23). The highest BCUT2D eigenvalue weighted by Gasteiger charge is 2.39. The van der Waals surface area contributed by atoms with E-state index in [2.05, 4.69) is 10.6 Å². The number of aliphatic hydroxyl groups is 1. The first-order valence-corrected chi connectivity index (χ1v) is 8.10. The second kappa shape index (κ2) is 8.40. The Morgan fingerprint density at radius 2 is 2.09 bits per heavy atom. The molecule has 2 amide bonds. The molecule has 0 aromatic heterocycles. The van der Waals surface area contributed by atoms with Gasteiger partial charge in [-0.1, -0.05) is 0 Å². The van der Waals surface area contributed by atoms with Crippen molar-refractivity contribution in [3.63, 3.8) is 0 Å². The molecule has 0 radical (unpaired) electrons. The van der Waals surface area contributed by atoms with Crippen LogP contribution in [-0.4, -0.2) is 65.9 Å². The van der Waals surface area contributed by atoms with E-state index >= 15 is 0 Å². The fraction of sp³-hybridized carbons (Fsp3) is 0.812. The molecule has 7 nitrogen and oxygen atoms in total. The van der Waals surface area contributed by atoms with Crippen LogP contribution < -0.4 is 10.6 Å². The van der Waals surface area contributed by atoms with E-state index in [-0.39, 0.29) is 30.7 Å². The van der Waals surface area contributed by atoms with Crippen LogP contribution in [0.25, 0.3) is 0 Å². The molecule has 2 atom stereocenters. The lowest BCUT2D eigenvalue weighted by atomic mass is 9.87. The van der Waals surface area contributed by atoms with E-state index in [9.17, 15) is 19.5 Å². The second-order valence-electron chi connectivity index (χ2n) is 6.97. The van der Waals surface area contributed by atoms with Crippen LogP contribution in [0.3, 0.4) is 0 Å². The normalized spacial score (nSPS) is 19.9. The third kappa shape index (κ3) is 5.28. The number of carbonyl (C=O) groups excluding carboxylic acids is 3. The van der Waals surface area contributed by atoms with Gasteiger partial charge in [0.1, 0.15) is 6.61 Å². The van der Waals surface area contributed by atoms with Crippen molar-refractivity contribution in [1.29, 1.82) is 0 Å². The van der Waals surface area contributed by atoms with Gasteiger partial charge in [-0.05, 0) is 47.1 Å². The van der Waals surface area contributed by atoms with Gasteiger partial charge in [-0.15, -0.1) is 0 Å². The highest BCUT2D eigenvalue weighted by atomic mass is 16.3. The first-order chi connectivity index (χ1) is 10.7. The van der Waals surface area contributed by atoms with Crippen molar-refractivity contribution >= 4 is 17.6 Å². The first kappa shape index (κ1) is 19.6. The summed E-state index contributed by atoms with van der Waals surface area (Å²) in [4.78, 5) is 38.3. The summed E-state index contributed by atoms with van der Waals surface area (Å²) < 4.78 is 0. The number of likely N-dealkylation sites (N-methyl/N-ethyl adjacent to an activating group) is 1. The van der Waals surface area contributed by atoms with Crippen molar-refractivity contribution in [2.45, 2.75) is 51.6 Å². The van der Waals surface area contributed by atoms with Gasteiger partial charge in [-0.2, -0.15) is 0 Å². The maximum atomic E-state index is 12.5. The summed E-state index contributed by atoms with van der Waals surface area (Å²) >= 11 is 0. The summed E-state index contributed by atoms with van der Waals surface area (Å²) in [5.74, 6) is -1.04. The maximum absolute atomic E-state index is 12.5. The van der Waals surface area contributed by atoms with Gasteiger partial charge in [0.15, 0.2) is 5.78 Å². The van der Waals surface area contributed by atoms with Crippen LogP contribution in [0.2, 0.25) is 0 Å². The Balaban J connectivity index is 3.07. The average molecular weight is 327 g/mol. The number of ketones is 1. The Labute approximate surface area is 137 Å². The van der Waals surface area contributed by atoms with Gasteiger partial charge in [0, 0.05) is 18.0 Å². The van der Waals surface area contributed by atoms with Crippen LogP contribution in [-0.2, 0) is 14.4 Å². The van der Waals surface area contributed by atoms with E-state index in [0.717, 1.165) is 6.42 Å². The molecule has 1 aliphatic heterocycles. The van der Waals surface area contributed by atoms with Gasteiger partial charge in [0.2, 0.25) is 11.8 Å². The predicted octanol–water partition coefficient (Wildman–Crippen LogP) is -0.321. The SMILES string of the molecule is CNCC(=O)N(C(CC1CCCNC1=O)C(=O)CO)C(C)(C)C. The van der Waals surface area contributed by atoms with E-state index in [1.165, 1.54) is 4.90 Å². The van der Waals surface area contributed by atoms with Gasteiger partial charge in [-0.3, -0.25) is 14.4 Å². The molecule has 0 saturated carbocycles. The molecule has 23 heavy (non-hydrogen) atoms. The van der Waals surface area contributed by atoms with E-state index in [0.29, 0.717) is 13.0 Å². The molecule has 1 fully saturated rings. The molecular weight excluding hydrogens is 298 g/mol. The fourth-order valence-electron chi connectivity index (χ4n) is 3.07. The van der Waals surface area contributed by atoms with Gasteiger partial charge in [0.05, 0.1) is 12.6 Å². The number of hydrogen-bond acceptors (Lipinski definition) is 5. The van der Waals surface area contributed by atoms with Gasteiger partial charge < -0.3 is 20.6 Å². The summed E-state index contributed by atoms with van der Waals surface area (Å²) in [7, 11) is 1.66. The molecule has 1 heterocycles. The summed E-state index contributed by atoms with van der Waals surface area (Å²) in [6.07, 6.45) is 1.80. The number of aliphatic hydroxyl groups excluding tert-OH is 1. The molecule has 0 bridgehead atoms. The minimum Gasteiger partial charge on any atom is -0.389 e. The topological polar surface area (TPSA) is 98.7 Å². The fourth-order valence-corrected chi connectivity index (χ4v) is 3.07. The monoisotopic (exact) mass is 327 g/mol. The largest absolute Gasteiger partial charge is 0.389 e. The third-order valence-corrected chi connectivity index (χ3v) is 4.07. The molecular formula is C16H29N3O4. The molecule has 0 spiro atoms. The molecule has 132 valence electrons. The summed E-state index contributed by atoms with van der Waals surface area (Å²) in [6.45, 7) is 5.65. The lowest BCUT2D eigenvalue weighted by molar-refractivity contribution is -0.147. The number of piperidine rings is 1. The number of nitrogens with zero attached hydrogens (tertiary/aromatic N) is 1. The number of hydrogen-bond donors (Lipinski definition) is 3. The highest BCUT2D eigenvalue weighted by Crippen LogP contribution is 2.26. The Hall–Kier alpha value is -1.47. The lowest BCUT2D eigenvalue weighted by Crippen LogP contribution is -2.58. The van der Waals surface area contributed by atoms with Crippen molar-refractivity contribution in [2.75, 3.05) is 26.7 Å². The number of Topliss-reactive ketones (excluding diaryl/α,β-unsaturated/α-hetero) is 1. The smallest absolute Gasteiger partial charge is 0.237 e. The number of carbonyl (C=O) groups is 3. The summed E-state index contributed by atoms with van der Waals surface area (Å²) in [6, 6.07) is -0.797. The zero-order valence-electron chi connectivity index (χ0n) is 14.5. The van der Waals surface area contributed by atoms with Gasteiger partial charge >= 0.3 is 0 Å². The molecule has 1 rings (SSSR count). The Morgan fingerprint density at radius 1 is 1.43 bits per heavy atom. The minimum atomic E-state index is -0.797. The second-order valence-corrected chi connectivity index (χ2v) is 6.97. The van der Waals surface area contributed by atoms with Crippen molar-refractivity contribution < 1.29 is 19.5 Å². The van der Waals surface area contributed by atoms with E-state index in [4.69, 9.17) is 0 Å². The molecule has 0 aromatic rings. The van der Waals surface area contributed by atoms with Gasteiger partial charge in [0.25, 0.3) is 0 Å². The predicted molar refractivity (Wildman–Crippen MR) is 86.8 cm³/mol. The van der Waals surface area contributed by atoms with Gasteiger partial charge in [-0.25, -0.2) is 0 Å². The number of amides is 2. The van der Waals surface area contributed by atoms with Crippen molar-refractivity contribution in [3.8, 4) is 0 Å². The lowest BCUT2D eigenvalue weighted by Gasteiger charge is -2.42. The quantitative estimate of drug-likeness (QED) is 0.595. The molecule has 7 heteroatoms. The van der Waals surface area contributed by atoms with E-state index in [1.807, 2.05) is 20.8 Å². The van der Waals surface area contributed by atoms with Crippen LogP contribution in [0.15, 0.2) is 0 Å². The van der Waals surface area contributed by atoms with E-state index < -0.39 is 24.0 Å². The Morgan fingerprint density at radius 3 is 2.57 bits per heavy atom. The summed E-state index contributed by atoms with van der Waals surface area (Å²) in [5, 5.41) is 14.9. The minimum absolute atomic E-state index is 0.0816. The molecule has 0 aromatic carbocycles. The Kier molecular flexibility index (Phi) is 7.15. The Bertz CT molecular complexity index is 445. The molecule has 2 unspecified atom stereocenters. The molecule has 3 N–H and O–H groups in total. The van der Waals surface area contributed by atoms with Crippen molar-refractivity contribution in [2.24, 2.45) is 5.92 Å². The first-order valence-electron chi connectivity index (χ1n) is 8.10. The number of nitrogens with one attached hydrogen (secondary N) is 2. The zero-order valence-corrected chi connectivity index (χ0v) is 14.5. The van der Waals surface area contributed by atoms with Crippen molar-refractivity contribution in [1.82, 2.24) is 15.5 Å². The average Bonchev–Trinajstić information content (AvgIpc) is 2.46. The highest BCUT2D eigenvalue weighted by molar-refractivity contribution is 5.91. The van der Waals surface area contributed by atoms with Crippen LogP contribution >= 0.6 is 0 Å². The molecule has 1 aliphatic rings. The maximum Gasteiger partial charge on any atom is 0.237 e. The molecule has 0 aliphatic carbocycles. The summed E-state index contributed by atoms with van der Waals surface area (Å²) in [5.41, 5.74) is -0.589.